The van der Waals surface area contributed by atoms with Gasteiger partial charge in [0.1, 0.15) is 0 Å². The van der Waals surface area contributed by atoms with Crippen molar-refractivity contribution in [2.24, 2.45) is 0 Å². The van der Waals surface area contributed by atoms with Crippen molar-refractivity contribution in [3.63, 3.8) is 0 Å². The van der Waals surface area contributed by atoms with E-state index in [4.69, 9.17) is 16.3 Å². The maximum absolute atomic E-state index is 12.6. The monoisotopic (exact) mass is 309 g/mol. The maximum atomic E-state index is 12.6. The zero-order valence-electron chi connectivity index (χ0n) is 11.7. The largest absolute Gasteiger partial charge is 0.414 e. The summed E-state index contributed by atoms with van der Waals surface area (Å²) in [6.07, 6.45) is -6.99. The van der Waals surface area contributed by atoms with Gasteiger partial charge in [0.2, 0.25) is 0 Å². The summed E-state index contributed by atoms with van der Waals surface area (Å²) in [7, 11) is 0. The predicted octanol–water partition coefficient (Wildman–Crippen LogP) is 4.35. The Labute approximate surface area is 122 Å². The van der Waals surface area contributed by atoms with Crippen LogP contribution in [0.15, 0.2) is 24.3 Å². The Morgan fingerprint density at radius 1 is 1.20 bits per heavy atom. The van der Waals surface area contributed by atoms with E-state index in [0.29, 0.717) is 10.6 Å². The first-order valence-corrected chi connectivity index (χ1v) is 6.79. The summed E-state index contributed by atoms with van der Waals surface area (Å²) in [5.74, 6) is 0. The molecule has 2 nitrogen and oxygen atoms in total. The molecule has 0 saturated carbocycles. The molecule has 1 aromatic rings. The van der Waals surface area contributed by atoms with Gasteiger partial charge < -0.3 is 10.1 Å². The standard InChI is InChI=1S/C14H19ClF3NO/c1-9(2)19-8-13(20-10(3)14(16,17)18)11-6-4-5-7-12(11)15/h4-7,9-10,13,19H,8H2,1-3H3. The minimum Gasteiger partial charge on any atom is -0.360 e. The predicted molar refractivity (Wildman–Crippen MR) is 73.9 cm³/mol. The van der Waals surface area contributed by atoms with Crippen LogP contribution in [0.5, 0.6) is 0 Å². The lowest BCUT2D eigenvalue weighted by atomic mass is 10.1. The van der Waals surface area contributed by atoms with Crippen LogP contribution in [0.4, 0.5) is 13.2 Å². The fraction of sp³-hybridized carbons (Fsp3) is 0.571. The minimum absolute atomic E-state index is 0.143. The van der Waals surface area contributed by atoms with E-state index in [1.165, 1.54) is 0 Å². The summed E-state index contributed by atoms with van der Waals surface area (Å²) in [4.78, 5) is 0. The second kappa shape index (κ2) is 7.29. The van der Waals surface area contributed by atoms with Crippen LogP contribution in [0.3, 0.4) is 0 Å². The van der Waals surface area contributed by atoms with Crippen molar-refractivity contribution in [1.29, 1.82) is 0 Å². The lowest BCUT2D eigenvalue weighted by Crippen LogP contribution is -2.35. The molecule has 1 aromatic carbocycles. The molecule has 114 valence electrons. The summed E-state index contributed by atoms with van der Waals surface area (Å²) >= 11 is 6.04. The van der Waals surface area contributed by atoms with Crippen LogP contribution in [0.1, 0.15) is 32.4 Å². The van der Waals surface area contributed by atoms with Gasteiger partial charge in [-0.2, -0.15) is 13.2 Å². The first-order chi connectivity index (χ1) is 9.21. The molecule has 0 aliphatic rings. The van der Waals surface area contributed by atoms with Crippen LogP contribution in [0.25, 0.3) is 0 Å². The third-order valence-electron chi connectivity index (χ3n) is 2.79. The molecule has 2 atom stereocenters. The molecule has 0 aliphatic heterocycles. The van der Waals surface area contributed by atoms with Gasteiger partial charge in [-0.3, -0.25) is 0 Å². The lowest BCUT2D eigenvalue weighted by Gasteiger charge is -2.26. The maximum Gasteiger partial charge on any atom is 0.414 e. The molecule has 0 aromatic heterocycles. The Kier molecular flexibility index (Phi) is 6.30. The number of rotatable bonds is 6. The molecule has 0 saturated heterocycles. The molecule has 2 unspecified atom stereocenters. The Morgan fingerprint density at radius 3 is 2.30 bits per heavy atom. The van der Waals surface area contributed by atoms with E-state index in [9.17, 15) is 13.2 Å². The third kappa shape index (κ3) is 5.31. The number of benzene rings is 1. The fourth-order valence-corrected chi connectivity index (χ4v) is 1.89. The van der Waals surface area contributed by atoms with Gasteiger partial charge in [0.25, 0.3) is 0 Å². The van der Waals surface area contributed by atoms with Crippen LogP contribution < -0.4 is 5.32 Å². The van der Waals surface area contributed by atoms with Gasteiger partial charge in [-0.15, -0.1) is 0 Å². The zero-order chi connectivity index (χ0) is 15.3. The normalized spacial score (nSPS) is 15.4. The van der Waals surface area contributed by atoms with Gasteiger partial charge >= 0.3 is 6.18 Å². The molecule has 6 heteroatoms. The minimum atomic E-state index is -4.39. The SMILES string of the molecule is CC(C)NCC(OC(C)C(F)(F)F)c1ccccc1Cl. The average Bonchev–Trinajstić information content (AvgIpc) is 2.33. The van der Waals surface area contributed by atoms with Crippen LogP contribution in [0.2, 0.25) is 5.02 Å². The first kappa shape index (κ1) is 17.3. The zero-order valence-corrected chi connectivity index (χ0v) is 12.4. The number of alkyl halides is 3. The van der Waals surface area contributed by atoms with E-state index in [1.807, 2.05) is 13.8 Å². The van der Waals surface area contributed by atoms with Gasteiger partial charge in [0, 0.05) is 23.2 Å². The Bertz CT molecular complexity index is 423. The third-order valence-corrected chi connectivity index (χ3v) is 3.14. The molecule has 0 heterocycles. The van der Waals surface area contributed by atoms with Crippen molar-refractivity contribution in [2.45, 2.75) is 45.2 Å². The van der Waals surface area contributed by atoms with Crippen molar-refractivity contribution in [1.82, 2.24) is 5.32 Å². The van der Waals surface area contributed by atoms with Crippen LogP contribution in [-0.4, -0.2) is 24.9 Å². The highest BCUT2D eigenvalue weighted by Crippen LogP contribution is 2.31. The highest BCUT2D eigenvalue weighted by molar-refractivity contribution is 6.31. The summed E-state index contributed by atoms with van der Waals surface area (Å²) in [5.41, 5.74) is 0.554. The molecule has 0 spiro atoms. The van der Waals surface area contributed by atoms with Crippen LogP contribution >= 0.6 is 11.6 Å². The van der Waals surface area contributed by atoms with Gasteiger partial charge in [-0.25, -0.2) is 0 Å². The molecule has 0 bridgehead atoms. The van der Waals surface area contributed by atoms with E-state index in [2.05, 4.69) is 5.32 Å². The molecule has 20 heavy (non-hydrogen) atoms. The van der Waals surface area contributed by atoms with Crippen molar-refractivity contribution in [3.8, 4) is 0 Å². The van der Waals surface area contributed by atoms with Crippen molar-refractivity contribution >= 4 is 11.6 Å². The summed E-state index contributed by atoms with van der Waals surface area (Å²) in [6, 6.07) is 6.92. The topological polar surface area (TPSA) is 21.3 Å². The van der Waals surface area contributed by atoms with E-state index >= 15 is 0 Å². The molecule has 0 aliphatic carbocycles. The van der Waals surface area contributed by atoms with Crippen molar-refractivity contribution in [3.05, 3.63) is 34.9 Å². The Balaban J connectivity index is 2.88. The molecule has 1 rings (SSSR count). The van der Waals surface area contributed by atoms with Gasteiger partial charge in [-0.1, -0.05) is 43.6 Å². The molecular formula is C14H19ClF3NO. The fourth-order valence-electron chi connectivity index (χ4n) is 1.63. The molecule has 1 N–H and O–H groups in total. The van der Waals surface area contributed by atoms with Gasteiger partial charge in [0.15, 0.2) is 6.10 Å². The van der Waals surface area contributed by atoms with E-state index in [-0.39, 0.29) is 12.6 Å². The Morgan fingerprint density at radius 2 is 1.80 bits per heavy atom. The summed E-state index contributed by atoms with van der Waals surface area (Å²) in [6.45, 7) is 5.09. The molecule has 0 radical (unpaired) electrons. The van der Waals surface area contributed by atoms with Crippen LogP contribution in [-0.2, 0) is 4.74 Å². The van der Waals surface area contributed by atoms with Crippen LogP contribution in [0, 0.1) is 0 Å². The van der Waals surface area contributed by atoms with Gasteiger partial charge in [0.05, 0.1) is 6.10 Å². The summed E-state index contributed by atoms with van der Waals surface area (Å²) in [5, 5.41) is 3.48. The summed E-state index contributed by atoms with van der Waals surface area (Å²) < 4.78 is 43.1. The lowest BCUT2D eigenvalue weighted by molar-refractivity contribution is -0.227. The Hall–Kier alpha value is -0.780. The van der Waals surface area contributed by atoms with E-state index < -0.39 is 18.4 Å². The second-order valence-electron chi connectivity index (χ2n) is 4.89. The molecule has 0 amide bonds. The van der Waals surface area contributed by atoms with E-state index in [1.54, 1.807) is 24.3 Å². The van der Waals surface area contributed by atoms with E-state index in [0.717, 1.165) is 6.92 Å². The smallest absolute Gasteiger partial charge is 0.360 e. The van der Waals surface area contributed by atoms with Gasteiger partial charge in [-0.05, 0) is 13.0 Å². The average molecular weight is 310 g/mol. The highest BCUT2D eigenvalue weighted by Gasteiger charge is 2.38. The number of hydrogen-bond acceptors (Lipinski definition) is 2. The second-order valence-corrected chi connectivity index (χ2v) is 5.30. The number of ether oxygens (including phenoxy) is 1. The van der Waals surface area contributed by atoms with Crippen molar-refractivity contribution in [2.75, 3.05) is 6.54 Å². The quantitative estimate of drug-likeness (QED) is 0.843. The molecular weight excluding hydrogens is 291 g/mol. The number of halogens is 4. The van der Waals surface area contributed by atoms with Crippen molar-refractivity contribution < 1.29 is 17.9 Å². The molecule has 0 fully saturated rings. The first-order valence-electron chi connectivity index (χ1n) is 6.41. The number of hydrogen-bond donors (Lipinski definition) is 1. The number of nitrogens with one attached hydrogen (secondary N) is 1. The highest BCUT2D eigenvalue weighted by atomic mass is 35.5.